The average molecular weight is 396 g/mol. The summed E-state index contributed by atoms with van der Waals surface area (Å²) < 4.78 is 29.3. The third kappa shape index (κ3) is 29.9. The van der Waals surface area contributed by atoms with Gasteiger partial charge in [-0.15, -0.1) is 0 Å². The van der Waals surface area contributed by atoms with Gasteiger partial charge in [0.2, 0.25) is 0 Å². The van der Waals surface area contributed by atoms with Crippen molar-refractivity contribution in [2.24, 2.45) is 0 Å². The van der Waals surface area contributed by atoms with Crippen LogP contribution in [-0.2, 0) is 33.2 Å². The molecule has 0 aromatic carbocycles. The second kappa shape index (κ2) is 24.9. The van der Waals surface area contributed by atoms with Crippen molar-refractivity contribution in [1.82, 2.24) is 0 Å². The van der Waals surface area contributed by atoms with Gasteiger partial charge in [0.15, 0.2) is 0 Å². The maximum absolute atomic E-state index is 10.3. The number of aliphatic hydroxyl groups is 2. The van der Waals surface area contributed by atoms with Crippen molar-refractivity contribution in [2.45, 2.75) is 20.0 Å². The molecular formula is C18H36O9. The third-order valence-electron chi connectivity index (χ3n) is 2.60. The molecule has 1 heterocycles. The van der Waals surface area contributed by atoms with Gasteiger partial charge in [-0.25, -0.2) is 4.79 Å². The first-order chi connectivity index (χ1) is 13.2. The lowest BCUT2D eigenvalue weighted by atomic mass is 10.5. The van der Waals surface area contributed by atoms with E-state index in [0.29, 0.717) is 52.9 Å². The summed E-state index contributed by atoms with van der Waals surface area (Å²) in [6, 6.07) is 0. The van der Waals surface area contributed by atoms with Gasteiger partial charge < -0.3 is 38.6 Å². The van der Waals surface area contributed by atoms with Crippen molar-refractivity contribution < 1.29 is 43.4 Å². The van der Waals surface area contributed by atoms with Gasteiger partial charge in [0, 0.05) is 19.3 Å². The normalized spacial score (nSPS) is 14.3. The number of carbonyl (C=O) groups is 1. The molecule has 1 saturated heterocycles. The molecular weight excluding hydrogens is 360 g/mol. The van der Waals surface area contributed by atoms with E-state index < -0.39 is 0 Å². The minimum absolute atomic E-state index is 0.0413. The Morgan fingerprint density at radius 2 is 1.41 bits per heavy atom. The van der Waals surface area contributed by atoms with Gasteiger partial charge in [-0.3, -0.25) is 0 Å². The summed E-state index contributed by atoms with van der Waals surface area (Å²) in [6.45, 7) is 12.8. The van der Waals surface area contributed by atoms with Crippen LogP contribution in [-0.4, -0.2) is 102 Å². The van der Waals surface area contributed by atoms with Gasteiger partial charge in [0.05, 0.1) is 59.5 Å². The van der Waals surface area contributed by atoms with Gasteiger partial charge in [-0.2, -0.15) is 0 Å². The number of ether oxygens (including phenoxy) is 6. The minimum atomic E-state index is -0.384. The van der Waals surface area contributed by atoms with Crippen LogP contribution in [0, 0.1) is 0 Å². The first kappa shape index (κ1) is 28.1. The summed E-state index contributed by atoms with van der Waals surface area (Å²) >= 11 is 0. The van der Waals surface area contributed by atoms with Crippen molar-refractivity contribution in [3.05, 3.63) is 12.7 Å². The number of hydrogen-bond acceptors (Lipinski definition) is 9. The molecule has 0 saturated carbocycles. The number of epoxide rings is 1. The van der Waals surface area contributed by atoms with Crippen molar-refractivity contribution in [3.63, 3.8) is 0 Å². The van der Waals surface area contributed by atoms with Gasteiger partial charge in [-0.05, 0) is 13.8 Å². The highest BCUT2D eigenvalue weighted by molar-refractivity contribution is 5.81. The number of carbonyl (C=O) groups excluding carboxylic acids is 1. The van der Waals surface area contributed by atoms with Crippen LogP contribution < -0.4 is 0 Å². The lowest BCUT2D eigenvalue weighted by molar-refractivity contribution is -0.138. The van der Waals surface area contributed by atoms with Crippen molar-refractivity contribution >= 4 is 5.97 Å². The predicted molar refractivity (Wildman–Crippen MR) is 99.7 cm³/mol. The number of esters is 1. The standard InChI is InChI=1S/C8H18O5.C6H8O3.C4H10O/c9-1-3-11-5-7-13-8-6-12-4-2-10;1-2-6(7)9-4-5-3-8-5;1-3-5-4-2/h9-10H,1-8H2;2,5H,1,3-4H2;3-4H2,1-2H3. The smallest absolute Gasteiger partial charge is 0.330 e. The van der Waals surface area contributed by atoms with E-state index in [1.54, 1.807) is 0 Å². The zero-order chi connectivity index (χ0) is 20.6. The molecule has 0 spiro atoms. The van der Waals surface area contributed by atoms with Gasteiger partial charge in [0.1, 0.15) is 12.7 Å². The summed E-state index contributed by atoms with van der Waals surface area (Å²) in [7, 11) is 0. The number of rotatable bonds is 15. The molecule has 9 heteroatoms. The molecule has 0 aromatic rings. The Kier molecular flexibility index (Phi) is 26.0. The fraction of sp³-hybridized carbons (Fsp3) is 0.833. The highest BCUT2D eigenvalue weighted by Crippen LogP contribution is 2.08. The van der Waals surface area contributed by atoms with Crippen LogP contribution in [0.3, 0.4) is 0 Å². The quantitative estimate of drug-likeness (QED) is 0.173. The molecule has 162 valence electrons. The Morgan fingerprint density at radius 1 is 0.963 bits per heavy atom. The van der Waals surface area contributed by atoms with E-state index in [1.165, 1.54) is 0 Å². The van der Waals surface area contributed by atoms with E-state index in [2.05, 4.69) is 11.3 Å². The van der Waals surface area contributed by atoms with Crippen LogP contribution >= 0.6 is 0 Å². The Hall–Kier alpha value is -1.07. The summed E-state index contributed by atoms with van der Waals surface area (Å²) in [5, 5.41) is 16.7. The van der Waals surface area contributed by atoms with E-state index in [9.17, 15) is 4.79 Å². The van der Waals surface area contributed by atoms with Crippen LogP contribution in [0.15, 0.2) is 12.7 Å². The second-order valence-electron chi connectivity index (χ2n) is 4.86. The van der Waals surface area contributed by atoms with E-state index >= 15 is 0 Å². The predicted octanol–water partition coefficient (Wildman–Crippen LogP) is 0.178. The van der Waals surface area contributed by atoms with E-state index in [-0.39, 0.29) is 25.3 Å². The Balaban J connectivity index is 0. The zero-order valence-corrected chi connectivity index (χ0v) is 16.6. The minimum Gasteiger partial charge on any atom is -0.460 e. The highest BCUT2D eigenvalue weighted by atomic mass is 16.6. The topological polar surface area (TPSA) is 116 Å². The van der Waals surface area contributed by atoms with E-state index in [1.807, 2.05) is 13.8 Å². The molecule has 0 aliphatic carbocycles. The number of aliphatic hydroxyl groups excluding tert-OH is 2. The Bertz CT molecular complexity index is 297. The summed E-state index contributed by atoms with van der Waals surface area (Å²) in [4.78, 5) is 10.3. The van der Waals surface area contributed by atoms with Gasteiger partial charge >= 0.3 is 5.97 Å². The summed E-state index contributed by atoms with van der Waals surface area (Å²) in [6.07, 6.45) is 1.29. The monoisotopic (exact) mass is 396 g/mol. The maximum Gasteiger partial charge on any atom is 0.330 e. The molecule has 1 fully saturated rings. The maximum atomic E-state index is 10.3. The Morgan fingerprint density at radius 3 is 1.70 bits per heavy atom. The van der Waals surface area contributed by atoms with Crippen LogP contribution in [0.2, 0.25) is 0 Å². The molecule has 2 N–H and O–H groups in total. The lowest BCUT2D eigenvalue weighted by Crippen LogP contribution is -2.11. The molecule has 0 aromatic heterocycles. The van der Waals surface area contributed by atoms with Crippen LogP contribution in [0.1, 0.15) is 13.8 Å². The van der Waals surface area contributed by atoms with Crippen LogP contribution in [0.25, 0.3) is 0 Å². The Labute approximate surface area is 162 Å². The van der Waals surface area contributed by atoms with Crippen molar-refractivity contribution in [1.29, 1.82) is 0 Å². The first-order valence-electron chi connectivity index (χ1n) is 9.09. The molecule has 27 heavy (non-hydrogen) atoms. The molecule has 1 rings (SSSR count). The van der Waals surface area contributed by atoms with E-state index in [4.69, 9.17) is 33.9 Å². The van der Waals surface area contributed by atoms with Crippen LogP contribution in [0.5, 0.6) is 0 Å². The second-order valence-corrected chi connectivity index (χ2v) is 4.86. The largest absolute Gasteiger partial charge is 0.460 e. The molecule has 1 aliphatic heterocycles. The SMILES string of the molecule is C=CC(=O)OCC1CO1.CCOCC.OCCOCCOCCOCCO. The van der Waals surface area contributed by atoms with Crippen molar-refractivity contribution in [3.8, 4) is 0 Å². The van der Waals surface area contributed by atoms with Crippen LogP contribution in [0.4, 0.5) is 0 Å². The molecule has 1 unspecified atom stereocenters. The molecule has 0 amide bonds. The fourth-order valence-electron chi connectivity index (χ4n) is 1.27. The third-order valence-corrected chi connectivity index (χ3v) is 2.60. The summed E-state index contributed by atoms with van der Waals surface area (Å²) in [5.74, 6) is -0.384. The van der Waals surface area contributed by atoms with Crippen molar-refractivity contribution in [2.75, 3.05) is 79.3 Å². The highest BCUT2D eigenvalue weighted by Gasteiger charge is 2.23. The average Bonchev–Trinajstić information content (AvgIpc) is 3.51. The van der Waals surface area contributed by atoms with Gasteiger partial charge in [0.25, 0.3) is 0 Å². The number of hydrogen-bond donors (Lipinski definition) is 2. The molecule has 1 aliphatic rings. The zero-order valence-electron chi connectivity index (χ0n) is 16.6. The molecule has 9 nitrogen and oxygen atoms in total. The lowest BCUT2D eigenvalue weighted by Gasteiger charge is -2.04. The molecule has 1 atom stereocenters. The van der Waals surface area contributed by atoms with E-state index in [0.717, 1.165) is 19.3 Å². The molecule has 0 bridgehead atoms. The fourth-order valence-corrected chi connectivity index (χ4v) is 1.27. The molecule has 0 radical (unpaired) electrons. The first-order valence-corrected chi connectivity index (χ1v) is 9.09. The summed E-state index contributed by atoms with van der Waals surface area (Å²) in [5.41, 5.74) is 0. The van der Waals surface area contributed by atoms with Gasteiger partial charge in [-0.1, -0.05) is 6.58 Å².